The summed E-state index contributed by atoms with van der Waals surface area (Å²) in [6.45, 7) is 0. The first-order valence-electron chi connectivity index (χ1n) is 6.19. The molecule has 2 aromatic rings. The second kappa shape index (κ2) is 6.59. The summed E-state index contributed by atoms with van der Waals surface area (Å²) in [5.74, 6) is 1.49. The smallest absolute Gasteiger partial charge is 0.142 e. The van der Waals surface area contributed by atoms with Crippen LogP contribution in [-0.2, 0) is 0 Å². The first kappa shape index (κ1) is 14.6. The van der Waals surface area contributed by atoms with Crippen molar-refractivity contribution < 1.29 is 9.47 Å². The molecular formula is C15H17ClN2O2. The summed E-state index contributed by atoms with van der Waals surface area (Å²) in [6.07, 6.45) is 3.43. The van der Waals surface area contributed by atoms with Crippen molar-refractivity contribution in [2.75, 3.05) is 21.3 Å². The lowest BCUT2D eigenvalue weighted by Crippen LogP contribution is -2.19. The van der Waals surface area contributed by atoms with Gasteiger partial charge in [-0.15, -0.1) is 0 Å². The van der Waals surface area contributed by atoms with Crippen molar-refractivity contribution in [3.05, 3.63) is 52.8 Å². The molecule has 1 atom stereocenters. The third-order valence-corrected chi connectivity index (χ3v) is 3.37. The summed E-state index contributed by atoms with van der Waals surface area (Å²) in [5.41, 5.74) is 1.93. The lowest BCUT2D eigenvalue weighted by atomic mass is 9.98. The molecule has 0 radical (unpaired) electrons. The predicted molar refractivity (Wildman–Crippen MR) is 79.7 cm³/mol. The number of nitrogens with zero attached hydrogens (tertiary/aromatic N) is 1. The van der Waals surface area contributed by atoms with Gasteiger partial charge in [-0.1, -0.05) is 11.6 Å². The SMILES string of the molecule is CNC(c1ccncc1OC)c1cc(Cl)ccc1OC. The van der Waals surface area contributed by atoms with Gasteiger partial charge in [0.25, 0.3) is 0 Å². The number of methoxy groups -OCH3 is 2. The summed E-state index contributed by atoms with van der Waals surface area (Å²) < 4.78 is 10.8. The molecule has 0 aliphatic carbocycles. The molecule has 5 heteroatoms. The quantitative estimate of drug-likeness (QED) is 0.920. The lowest BCUT2D eigenvalue weighted by Gasteiger charge is -2.21. The minimum absolute atomic E-state index is 0.0957. The predicted octanol–water partition coefficient (Wildman–Crippen LogP) is 3.06. The largest absolute Gasteiger partial charge is 0.496 e. The fraction of sp³-hybridized carbons (Fsp3) is 0.267. The maximum absolute atomic E-state index is 6.11. The topological polar surface area (TPSA) is 43.4 Å². The number of pyridine rings is 1. The number of ether oxygens (including phenoxy) is 2. The second-order valence-electron chi connectivity index (χ2n) is 4.23. The van der Waals surface area contributed by atoms with Gasteiger partial charge >= 0.3 is 0 Å². The second-order valence-corrected chi connectivity index (χ2v) is 4.66. The maximum Gasteiger partial charge on any atom is 0.142 e. The van der Waals surface area contributed by atoms with E-state index in [9.17, 15) is 0 Å². The normalized spacial score (nSPS) is 12.0. The molecule has 1 N–H and O–H groups in total. The van der Waals surface area contributed by atoms with Crippen LogP contribution in [0.2, 0.25) is 5.02 Å². The highest BCUT2D eigenvalue weighted by molar-refractivity contribution is 6.30. The third kappa shape index (κ3) is 2.86. The zero-order valence-electron chi connectivity index (χ0n) is 11.7. The Hall–Kier alpha value is -1.78. The zero-order chi connectivity index (χ0) is 14.5. The van der Waals surface area contributed by atoms with Gasteiger partial charge in [0, 0.05) is 22.3 Å². The van der Waals surface area contributed by atoms with Gasteiger partial charge in [-0.3, -0.25) is 4.98 Å². The number of hydrogen-bond acceptors (Lipinski definition) is 4. The van der Waals surface area contributed by atoms with E-state index in [1.165, 1.54) is 0 Å². The molecule has 1 unspecified atom stereocenters. The van der Waals surface area contributed by atoms with Gasteiger partial charge in [0.05, 0.1) is 26.5 Å². The summed E-state index contributed by atoms with van der Waals surface area (Å²) in [4.78, 5) is 4.08. The van der Waals surface area contributed by atoms with Crippen molar-refractivity contribution in [3.63, 3.8) is 0 Å². The Kier molecular flexibility index (Phi) is 4.82. The molecule has 0 amide bonds. The van der Waals surface area contributed by atoms with Crippen LogP contribution in [0.25, 0.3) is 0 Å². The molecule has 4 nitrogen and oxygen atoms in total. The van der Waals surface area contributed by atoms with Gasteiger partial charge < -0.3 is 14.8 Å². The number of benzene rings is 1. The van der Waals surface area contributed by atoms with E-state index in [1.54, 1.807) is 32.7 Å². The van der Waals surface area contributed by atoms with Crippen molar-refractivity contribution in [1.29, 1.82) is 0 Å². The van der Waals surface area contributed by atoms with E-state index in [2.05, 4.69) is 10.3 Å². The first-order chi connectivity index (χ1) is 9.71. The number of hydrogen-bond donors (Lipinski definition) is 1. The van der Waals surface area contributed by atoms with E-state index in [4.69, 9.17) is 21.1 Å². The van der Waals surface area contributed by atoms with E-state index in [0.29, 0.717) is 10.8 Å². The molecule has 106 valence electrons. The molecule has 1 heterocycles. The summed E-state index contributed by atoms with van der Waals surface area (Å²) in [7, 11) is 5.15. The monoisotopic (exact) mass is 292 g/mol. The molecule has 0 aliphatic rings. The van der Waals surface area contributed by atoms with E-state index < -0.39 is 0 Å². The molecule has 0 aliphatic heterocycles. The maximum atomic E-state index is 6.11. The number of nitrogens with one attached hydrogen (secondary N) is 1. The molecule has 0 saturated carbocycles. The van der Waals surface area contributed by atoms with Crippen LogP contribution in [0.3, 0.4) is 0 Å². The van der Waals surface area contributed by atoms with Gasteiger partial charge in [0.2, 0.25) is 0 Å². The Labute approximate surface area is 123 Å². The summed E-state index contributed by atoms with van der Waals surface area (Å²) in [6, 6.07) is 7.37. The molecule has 20 heavy (non-hydrogen) atoms. The van der Waals surface area contributed by atoms with Gasteiger partial charge in [-0.05, 0) is 31.3 Å². The summed E-state index contributed by atoms with van der Waals surface area (Å²) in [5, 5.41) is 3.93. The molecule has 0 fully saturated rings. The third-order valence-electron chi connectivity index (χ3n) is 3.14. The van der Waals surface area contributed by atoms with Crippen LogP contribution in [-0.4, -0.2) is 26.3 Å². The van der Waals surface area contributed by atoms with E-state index >= 15 is 0 Å². The fourth-order valence-electron chi connectivity index (χ4n) is 2.21. The lowest BCUT2D eigenvalue weighted by molar-refractivity contribution is 0.395. The van der Waals surface area contributed by atoms with Crippen molar-refractivity contribution in [1.82, 2.24) is 10.3 Å². The molecule has 1 aromatic heterocycles. The van der Waals surface area contributed by atoms with Crippen LogP contribution in [0.15, 0.2) is 36.7 Å². The Morgan fingerprint density at radius 1 is 1.10 bits per heavy atom. The Bertz CT molecular complexity index is 590. The fourth-order valence-corrected chi connectivity index (χ4v) is 2.39. The van der Waals surface area contributed by atoms with Crippen LogP contribution in [0, 0.1) is 0 Å². The minimum atomic E-state index is -0.0957. The van der Waals surface area contributed by atoms with Crippen molar-refractivity contribution >= 4 is 11.6 Å². The van der Waals surface area contributed by atoms with Gasteiger partial charge in [0.1, 0.15) is 11.5 Å². The molecule has 2 rings (SSSR count). The Morgan fingerprint density at radius 2 is 1.85 bits per heavy atom. The first-order valence-corrected chi connectivity index (χ1v) is 6.57. The average Bonchev–Trinajstić information content (AvgIpc) is 2.49. The average molecular weight is 293 g/mol. The molecule has 0 spiro atoms. The Balaban J connectivity index is 2.55. The number of aromatic nitrogens is 1. The number of rotatable bonds is 5. The van der Waals surface area contributed by atoms with E-state index in [1.807, 2.05) is 25.2 Å². The molecule has 0 bridgehead atoms. The van der Waals surface area contributed by atoms with Gasteiger partial charge in [-0.25, -0.2) is 0 Å². The zero-order valence-corrected chi connectivity index (χ0v) is 12.4. The van der Waals surface area contributed by atoms with Crippen molar-refractivity contribution in [2.45, 2.75) is 6.04 Å². The standard InChI is InChI=1S/C15H17ClN2O2/c1-17-15(11-6-7-18-9-14(11)20-3)12-8-10(16)4-5-13(12)19-2/h4-9,15,17H,1-3H3. The number of halogens is 1. The van der Waals surface area contributed by atoms with Crippen molar-refractivity contribution in [3.8, 4) is 11.5 Å². The summed E-state index contributed by atoms with van der Waals surface area (Å²) >= 11 is 6.11. The highest BCUT2D eigenvalue weighted by Crippen LogP contribution is 2.35. The van der Waals surface area contributed by atoms with Crippen LogP contribution >= 0.6 is 11.6 Å². The van der Waals surface area contributed by atoms with Crippen LogP contribution < -0.4 is 14.8 Å². The van der Waals surface area contributed by atoms with Gasteiger partial charge in [-0.2, -0.15) is 0 Å². The van der Waals surface area contributed by atoms with Crippen LogP contribution in [0.4, 0.5) is 0 Å². The molecule has 0 saturated heterocycles. The van der Waals surface area contributed by atoms with E-state index in [-0.39, 0.29) is 6.04 Å². The van der Waals surface area contributed by atoms with E-state index in [0.717, 1.165) is 16.9 Å². The minimum Gasteiger partial charge on any atom is -0.496 e. The highest BCUT2D eigenvalue weighted by atomic mass is 35.5. The Morgan fingerprint density at radius 3 is 2.50 bits per heavy atom. The highest BCUT2D eigenvalue weighted by Gasteiger charge is 2.20. The molecule has 1 aromatic carbocycles. The van der Waals surface area contributed by atoms with Gasteiger partial charge in [0.15, 0.2) is 0 Å². The van der Waals surface area contributed by atoms with Crippen LogP contribution in [0.1, 0.15) is 17.2 Å². The molecular weight excluding hydrogens is 276 g/mol. The van der Waals surface area contributed by atoms with Crippen LogP contribution in [0.5, 0.6) is 11.5 Å². The van der Waals surface area contributed by atoms with Crippen molar-refractivity contribution in [2.24, 2.45) is 0 Å².